The summed E-state index contributed by atoms with van der Waals surface area (Å²) in [5, 5.41) is 3.36. The van der Waals surface area contributed by atoms with Crippen LogP contribution in [0.25, 0.3) is 12.2 Å². The summed E-state index contributed by atoms with van der Waals surface area (Å²) >= 11 is 0. The van der Waals surface area contributed by atoms with Gasteiger partial charge in [0.05, 0.1) is 0 Å². The van der Waals surface area contributed by atoms with Crippen LogP contribution in [0.15, 0.2) is 116 Å². The van der Waals surface area contributed by atoms with Crippen LogP contribution in [0.1, 0.15) is 11.1 Å². The molecule has 0 aliphatic rings. The smallest absolute Gasteiger partial charge is 0.0384 e. The lowest BCUT2D eigenvalue weighted by atomic mass is 10.2. The van der Waals surface area contributed by atoms with E-state index in [1.165, 1.54) is 5.56 Å². The number of hydrogen-bond acceptors (Lipinski definition) is 1. The van der Waals surface area contributed by atoms with E-state index in [2.05, 4.69) is 67.0 Å². The first-order valence-corrected chi connectivity index (χ1v) is 8.20. The second kappa shape index (κ2) is 10.5. The quantitative estimate of drug-likeness (QED) is 0.537. The topological polar surface area (TPSA) is 12.0 Å². The number of hydrogen-bond donors (Lipinski definition) is 1. The van der Waals surface area contributed by atoms with E-state index < -0.39 is 0 Å². The lowest BCUT2D eigenvalue weighted by molar-refractivity contribution is 1.47. The van der Waals surface area contributed by atoms with Crippen LogP contribution in [0.5, 0.6) is 0 Å². The molecule has 0 unspecified atom stereocenters. The van der Waals surface area contributed by atoms with Crippen molar-refractivity contribution in [2.45, 2.75) is 0 Å². The summed E-state index contributed by atoms with van der Waals surface area (Å²) in [6, 6.07) is 18.5. The van der Waals surface area contributed by atoms with E-state index in [9.17, 15) is 0 Å². The Hall–Kier alpha value is -3.32. The molecule has 0 atom stereocenters. The molecule has 1 nitrogen and oxygen atoms in total. The van der Waals surface area contributed by atoms with Crippen molar-refractivity contribution >= 4 is 17.8 Å². The molecule has 0 radical (unpaired) electrons. The molecule has 0 heterocycles. The zero-order valence-corrected chi connectivity index (χ0v) is 14.3. The van der Waals surface area contributed by atoms with Crippen molar-refractivity contribution in [2.24, 2.45) is 0 Å². The molecular weight excluding hydrogens is 302 g/mol. The van der Waals surface area contributed by atoms with Gasteiger partial charge in [-0.15, -0.1) is 0 Å². The maximum absolute atomic E-state index is 3.87. The van der Waals surface area contributed by atoms with Gasteiger partial charge in [-0.1, -0.05) is 98.2 Å². The van der Waals surface area contributed by atoms with Gasteiger partial charge in [-0.05, 0) is 35.4 Å². The van der Waals surface area contributed by atoms with Gasteiger partial charge in [-0.3, -0.25) is 0 Å². The average Bonchev–Trinajstić information content (AvgIpc) is 2.66. The Kier molecular flexibility index (Phi) is 7.54. The maximum atomic E-state index is 3.87. The van der Waals surface area contributed by atoms with E-state index in [4.69, 9.17) is 0 Å². The Morgan fingerprint density at radius 1 is 0.720 bits per heavy atom. The summed E-state index contributed by atoms with van der Waals surface area (Å²) in [6.45, 7) is 7.51. The van der Waals surface area contributed by atoms with E-state index >= 15 is 0 Å². The third-order valence-electron chi connectivity index (χ3n) is 3.43. The van der Waals surface area contributed by atoms with Gasteiger partial charge < -0.3 is 5.32 Å². The summed E-state index contributed by atoms with van der Waals surface area (Å²) < 4.78 is 0. The van der Waals surface area contributed by atoms with Crippen LogP contribution in [0, 0.1) is 0 Å². The van der Waals surface area contributed by atoms with Crippen LogP contribution in [0.4, 0.5) is 5.69 Å². The van der Waals surface area contributed by atoms with Crippen molar-refractivity contribution in [3.8, 4) is 0 Å². The number of benzene rings is 2. The molecular formula is C24H23N. The maximum Gasteiger partial charge on any atom is 0.0384 e. The number of allylic oxidation sites excluding steroid dienone is 7. The number of rotatable bonds is 8. The second-order valence-electron chi connectivity index (χ2n) is 5.32. The summed E-state index contributed by atoms with van der Waals surface area (Å²) in [5.41, 5.74) is 4.29. The number of nitrogens with one attached hydrogen (secondary N) is 1. The molecule has 0 spiro atoms. The molecule has 124 valence electrons. The second-order valence-corrected chi connectivity index (χ2v) is 5.32. The molecule has 0 saturated heterocycles. The van der Waals surface area contributed by atoms with Crippen molar-refractivity contribution in [2.75, 3.05) is 5.32 Å². The fourth-order valence-corrected chi connectivity index (χ4v) is 2.14. The van der Waals surface area contributed by atoms with Gasteiger partial charge in [0.25, 0.3) is 0 Å². The van der Waals surface area contributed by atoms with Gasteiger partial charge in [0.1, 0.15) is 0 Å². The molecule has 0 amide bonds. The van der Waals surface area contributed by atoms with Gasteiger partial charge in [-0.2, -0.15) is 0 Å². The molecule has 0 bridgehead atoms. The summed E-state index contributed by atoms with van der Waals surface area (Å²) in [6.07, 6.45) is 17.6. The van der Waals surface area contributed by atoms with E-state index in [-0.39, 0.29) is 0 Å². The molecule has 0 aromatic heterocycles. The minimum absolute atomic E-state index is 0.949. The molecule has 2 rings (SSSR count). The highest BCUT2D eigenvalue weighted by Gasteiger charge is 1.94. The van der Waals surface area contributed by atoms with Gasteiger partial charge >= 0.3 is 0 Å². The fourth-order valence-electron chi connectivity index (χ4n) is 2.14. The SMILES string of the molecule is C=C/C=C\C=C\c1ccc(N/C(C=C)=C/C=C/c2ccccc2)cc1. The Morgan fingerprint density at radius 2 is 1.40 bits per heavy atom. The average molecular weight is 325 g/mol. The van der Waals surface area contributed by atoms with Crippen molar-refractivity contribution in [1.82, 2.24) is 0 Å². The Labute approximate surface area is 150 Å². The van der Waals surface area contributed by atoms with Crippen molar-refractivity contribution in [3.05, 3.63) is 127 Å². The first-order valence-electron chi connectivity index (χ1n) is 8.20. The Morgan fingerprint density at radius 3 is 2.08 bits per heavy atom. The fraction of sp³-hybridized carbons (Fsp3) is 0. The Balaban J connectivity index is 1.98. The molecule has 0 aliphatic carbocycles. The van der Waals surface area contributed by atoms with E-state index in [1.807, 2.05) is 54.7 Å². The predicted octanol–water partition coefficient (Wildman–Crippen LogP) is 6.64. The Bertz CT molecular complexity index is 788. The first-order chi connectivity index (χ1) is 12.3. The summed E-state index contributed by atoms with van der Waals surface area (Å²) in [7, 11) is 0. The molecule has 1 N–H and O–H groups in total. The summed E-state index contributed by atoms with van der Waals surface area (Å²) in [5.74, 6) is 0. The summed E-state index contributed by atoms with van der Waals surface area (Å²) in [4.78, 5) is 0. The molecule has 2 aromatic rings. The standard InChI is InChI=1S/C24H23N/c1-3-5-6-8-14-22-17-19-24(20-18-22)25-23(4-2)16-11-15-21-12-9-7-10-13-21/h3-20,25H,1-2H2/b6-5-,14-8+,15-11+,23-16+. The predicted molar refractivity (Wildman–Crippen MR) is 112 cm³/mol. The van der Waals surface area contributed by atoms with Crippen LogP contribution in [0.3, 0.4) is 0 Å². The third-order valence-corrected chi connectivity index (χ3v) is 3.43. The van der Waals surface area contributed by atoms with E-state index in [0.717, 1.165) is 16.9 Å². The normalized spacial score (nSPS) is 12.1. The van der Waals surface area contributed by atoms with Crippen LogP contribution in [0.2, 0.25) is 0 Å². The van der Waals surface area contributed by atoms with Crippen molar-refractivity contribution < 1.29 is 0 Å². The molecule has 2 aromatic carbocycles. The highest BCUT2D eigenvalue weighted by molar-refractivity contribution is 5.59. The monoisotopic (exact) mass is 325 g/mol. The zero-order valence-electron chi connectivity index (χ0n) is 14.3. The molecule has 0 saturated carbocycles. The zero-order chi connectivity index (χ0) is 17.7. The highest BCUT2D eigenvalue weighted by Crippen LogP contribution is 2.14. The van der Waals surface area contributed by atoms with Crippen LogP contribution in [-0.4, -0.2) is 0 Å². The van der Waals surface area contributed by atoms with E-state index in [1.54, 1.807) is 6.08 Å². The van der Waals surface area contributed by atoms with Crippen LogP contribution < -0.4 is 5.32 Å². The molecule has 0 aliphatic heterocycles. The van der Waals surface area contributed by atoms with Gasteiger partial charge in [0.15, 0.2) is 0 Å². The van der Waals surface area contributed by atoms with Crippen molar-refractivity contribution in [3.63, 3.8) is 0 Å². The van der Waals surface area contributed by atoms with Crippen LogP contribution in [-0.2, 0) is 0 Å². The van der Waals surface area contributed by atoms with Crippen molar-refractivity contribution in [1.29, 1.82) is 0 Å². The third kappa shape index (κ3) is 6.76. The van der Waals surface area contributed by atoms with E-state index in [0.29, 0.717) is 0 Å². The lowest BCUT2D eigenvalue weighted by Gasteiger charge is -2.06. The number of anilines is 1. The molecule has 25 heavy (non-hydrogen) atoms. The lowest BCUT2D eigenvalue weighted by Crippen LogP contribution is -1.95. The van der Waals surface area contributed by atoms with Gasteiger partial charge in [0.2, 0.25) is 0 Å². The highest BCUT2D eigenvalue weighted by atomic mass is 14.9. The van der Waals surface area contributed by atoms with Crippen LogP contribution >= 0.6 is 0 Å². The largest absolute Gasteiger partial charge is 0.356 e. The molecule has 1 heteroatoms. The van der Waals surface area contributed by atoms with Gasteiger partial charge in [0, 0.05) is 11.4 Å². The molecule has 0 fully saturated rings. The first kappa shape index (κ1) is 18.0. The minimum atomic E-state index is 0.949. The minimum Gasteiger partial charge on any atom is -0.356 e. The van der Waals surface area contributed by atoms with Gasteiger partial charge in [-0.25, -0.2) is 0 Å².